The number of aryl methyl sites for hydroxylation is 1. The maximum absolute atomic E-state index is 14.7. The highest BCUT2D eigenvalue weighted by Crippen LogP contribution is 2.36. The summed E-state index contributed by atoms with van der Waals surface area (Å²) in [6.45, 7) is 1.11. The Bertz CT molecular complexity index is 1130. The summed E-state index contributed by atoms with van der Waals surface area (Å²) in [4.78, 5) is 22.6. The van der Waals surface area contributed by atoms with Crippen molar-refractivity contribution >= 4 is 11.9 Å². The second-order valence-electron chi connectivity index (χ2n) is 7.54. The molecule has 174 valence electrons. The minimum Gasteiger partial charge on any atom is -0.352 e. The molecule has 1 saturated heterocycles. The summed E-state index contributed by atoms with van der Waals surface area (Å²) in [5.41, 5.74) is 0.173. The first-order valence-corrected chi connectivity index (χ1v) is 9.85. The number of benzene rings is 1. The number of likely N-dealkylation sites (tertiary alicyclic amines) is 1. The Hall–Kier alpha value is -3.64. The van der Waals surface area contributed by atoms with Crippen LogP contribution in [0.2, 0.25) is 0 Å². The summed E-state index contributed by atoms with van der Waals surface area (Å²) in [5, 5.41) is 10.5. The first kappa shape index (κ1) is 22.6. The number of alkyl halides is 5. The number of anilines is 1. The summed E-state index contributed by atoms with van der Waals surface area (Å²) in [5.74, 6) is -4.11. The highest BCUT2D eigenvalue weighted by atomic mass is 19.4. The van der Waals surface area contributed by atoms with Crippen molar-refractivity contribution in [1.29, 1.82) is 0 Å². The van der Waals surface area contributed by atoms with E-state index in [1.165, 1.54) is 17.2 Å². The predicted molar refractivity (Wildman–Crippen MR) is 106 cm³/mol. The number of nitrogens with one attached hydrogen (secondary N) is 1. The number of aromatic nitrogens is 5. The van der Waals surface area contributed by atoms with Crippen LogP contribution in [0.5, 0.6) is 0 Å². The molecular formula is C20H18F5N7O. The van der Waals surface area contributed by atoms with Gasteiger partial charge < -0.3 is 10.2 Å². The number of hydrogen-bond donors (Lipinski definition) is 1. The Kier molecular flexibility index (Phi) is 5.72. The second-order valence-corrected chi connectivity index (χ2v) is 7.54. The number of nitrogens with zero attached hydrogens (tertiary/aromatic N) is 6. The largest absolute Gasteiger partial charge is 0.419 e. The molecule has 0 aliphatic carbocycles. The Balaban J connectivity index is 1.57. The molecule has 8 nitrogen and oxygen atoms in total. The summed E-state index contributed by atoms with van der Waals surface area (Å²) < 4.78 is 67.3. The normalized spacial score (nSPS) is 17.9. The summed E-state index contributed by atoms with van der Waals surface area (Å²) in [7, 11) is 0. The smallest absolute Gasteiger partial charge is 0.352 e. The molecule has 3 aromatic rings. The number of carbonyl (C=O) groups is 1. The highest BCUT2D eigenvalue weighted by molar-refractivity contribution is 5.98. The van der Waals surface area contributed by atoms with Crippen LogP contribution in [0.15, 0.2) is 43.0 Å². The Morgan fingerprint density at radius 2 is 1.85 bits per heavy atom. The van der Waals surface area contributed by atoms with Crippen LogP contribution in [0.3, 0.4) is 0 Å². The third kappa shape index (κ3) is 4.61. The Labute approximate surface area is 184 Å². The molecule has 1 aliphatic rings. The van der Waals surface area contributed by atoms with E-state index in [1.54, 1.807) is 25.1 Å². The molecule has 1 unspecified atom stereocenters. The molecule has 2 aromatic heterocycles. The third-order valence-corrected chi connectivity index (χ3v) is 5.26. The lowest BCUT2D eigenvalue weighted by Gasteiger charge is -2.28. The molecular weight excluding hydrogens is 449 g/mol. The summed E-state index contributed by atoms with van der Waals surface area (Å²) in [6.07, 6.45) is -1.21. The van der Waals surface area contributed by atoms with Crippen LogP contribution in [-0.4, -0.2) is 60.8 Å². The first-order valence-electron chi connectivity index (χ1n) is 9.85. The van der Waals surface area contributed by atoms with E-state index in [1.807, 2.05) is 0 Å². The van der Waals surface area contributed by atoms with Crippen molar-refractivity contribution in [3.05, 3.63) is 59.7 Å². The van der Waals surface area contributed by atoms with E-state index in [0.29, 0.717) is 18.1 Å². The van der Waals surface area contributed by atoms with E-state index in [2.05, 4.69) is 25.5 Å². The predicted octanol–water partition coefficient (Wildman–Crippen LogP) is 3.35. The molecule has 0 saturated carbocycles. The average Bonchev–Trinajstić information content (AvgIpc) is 3.39. The number of rotatable bonds is 5. The molecule has 4 rings (SSSR count). The SMILES string of the molecule is Cc1ccc(-n2nccn2)c(C(=O)N2CCC(F)(F)C2CNc2ncc(C(F)(F)F)cn2)c1. The minimum atomic E-state index is -4.62. The number of amides is 1. The van der Waals surface area contributed by atoms with Crippen molar-refractivity contribution in [2.45, 2.75) is 31.5 Å². The minimum absolute atomic E-state index is 0.152. The molecule has 3 heterocycles. The number of halogens is 5. The van der Waals surface area contributed by atoms with Crippen molar-refractivity contribution in [3.8, 4) is 5.69 Å². The lowest BCUT2D eigenvalue weighted by molar-refractivity contribution is -0.138. The molecule has 0 spiro atoms. The van der Waals surface area contributed by atoms with E-state index in [9.17, 15) is 26.7 Å². The fourth-order valence-electron chi connectivity index (χ4n) is 3.57. The molecule has 1 atom stereocenters. The van der Waals surface area contributed by atoms with Crippen molar-refractivity contribution in [2.75, 3.05) is 18.4 Å². The van der Waals surface area contributed by atoms with Crippen LogP contribution >= 0.6 is 0 Å². The molecule has 0 radical (unpaired) electrons. The van der Waals surface area contributed by atoms with Crippen LogP contribution in [0.25, 0.3) is 5.69 Å². The molecule has 1 amide bonds. The van der Waals surface area contributed by atoms with Gasteiger partial charge in [0, 0.05) is 31.9 Å². The average molecular weight is 467 g/mol. The van der Waals surface area contributed by atoms with Crippen LogP contribution in [0.1, 0.15) is 27.9 Å². The van der Waals surface area contributed by atoms with Crippen molar-refractivity contribution in [2.24, 2.45) is 0 Å². The standard InChI is InChI=1S/C20H18F5N7O/c1-12-2-3-15(32-29-5-6-30-32)14(8-12)17(33)31-7-4-19(21,22)16(31)11-28-18-26-9-13(10-27-18)20(23,24)25/h2-3,5-6,8-10,16H,4,7,11H2,1H3,(H,26,27,28). The van der Waals surface area contributed by atoms with Crippen molar-refractivity contribution in [3.63, 3.8) is 0 Å². The molecule has 33 heavy (non-hydrogen) atoms. The maximum Gasteiger partial charge on any atom is 0.419 e. The fraction of sp³-hybridized carbons (Fsp3) is 0.350. The van der Waals surface area contributed by atoms with E-state index in [0.717, 1.165) is 10.5 Å². The highest BCUT2D eigenvalue weighted by Gasteiger charge is 2.51. The molecule has 0 bridgehead atoms. The lowest BCUT2D eigenvalue weighted by Crippen LogP contribution is -2.47. The van der Waals surface area contributed by atoms with Crippen LogP contribution in [0.4, 0.5) is 27.9 Å². The van der Waals surface area contributed by atoms with E-state index >= 15 is 0 Å². The monoisotopic (exact) mass is 467 g/mol. The van der Waals surface area contributed by atoms with Gasteiger partial charge in [0.25, 0.3) is 11.8 Å². The van der Waals surface area contributed by atoms with Gasteiger partial charge in [0.1, 0.15) is 6.04 Å². The zero-order valence-corrected chi connectivity index (χ0v) is 17.2. The quantitative estimate of drug-likeness (QED) is 0.579. The maximum atomic E-state index is 14.7. The van der Waals surface area contributed by atoms with Gasteiger partial charge in [-0.25, -0.2) is 18.7 Å². The van der Waals surface area contributed by atoms with Gasteiger partial charge in [0.05, 0.1) is 29.2 Å². The van der Waals surface area contributed by atoms with Crippen LogP contribution in [-0.2, 0) is 6.18 Å². The zero-order chi connectivity index (χ0) is 23.8. The number of hydrogen-bond acceptors (Lipinski definition) is 6. The van der Waals surface area contributed by atoms with Crippen LogP contribution < -0.4 is 5.32 Å². The fourth-order valence-corrected chi connectivity index (χ4v) is 3.57. The van der Waals surface area contributed by atoms with Gasteiger partial charge >= 0.3 is 6.18 Å². The van der Waals surface area contributed by atoms with Gasteiger partial charge in [-0.15, -0.1) is 0 Å². The first-order chi connectivity index (χ1) is 15.6. The topological polar surface area (TPSA) is 88.8 Å². The van der Waals surface area contributed by atoms with Crippen LogP contribution in [0, 0.1) is 6.92 Å². The molecule has 1 aromatic carbocycles. The number of carbonyl (C=O) groups excluding carboxylic acids is 1. The molecule has 1 fully saturated rings. The van der Waals surface area contributed by atoms with E-state index < -0.39 is 42.6 Å². The van der Waals surface area contributed by atoms with Gasteiger partial charge in [0.15, 0.2) is 0 Å². The summed E-state index contributed by atoms with van der Waals surface area (Å²) >= 11 is 0. The van der Waals surface area contributed by atoms with Crippen molar-refractivity contribution < 1.29 is 26.7 Å². The Morgan fingerprint density at radius 3 is 2.48 bits per heavy atom. The van der Waals surface area contributed by atoms with Crippen molar-refractivity contribution in [1.82, 2.24) is 29.9 Å². The van der Waals surface area contributed by atoms with E-state index in [-0.39, 0.29) is 18.1 Å². The zero-order valence-electron chi connectivity index (χ0n) is 17.2. The lowest BCUT2D eigenvalue weighted by atomic mass is 10.1. The molecule has 1 aliphatic heterocycles. The van der Waals surface area contributed by atoms with Gasteiger partial charge in [0.2, 0.25) is 5.95 Å². The van der Waals surface area contributed by atoms with Gasteiger partial charge in [-0.05, 0) is 19.1 Å². The molecule has 13 heteroatoms. The van der Waals surface area contributed by atoms with Gasteiger partial charge in [-0.3, -0.25) is 4.79 Å². The van der Waals surface area contributed by atoms with Gasteiger partial charge in [-0.1, -0.05) is 11.6 Å². The third-order valence-electron chi connectivity index (χ3n) is 5.26. The molecule has 1 N–H and O–H groups in total. The van der Waals surface area contributed by atoms with E-state index in [4.69, 9.17) is 0 Å². The Morgan fingerprint density at radius 1 is 1.18 bits per heavy atom. The summed E-state index contributed by atoms with van der Waals surface area (Å²) in [6, 6.07) is 3.38. The second kappa shape index (κ2) is 8.37. The van der Waals surface area contributed by atoms with Gasteiger partial charge in [-0.2, -0.15) is 28.2 Å².